The minimum absolute atomic E-state index is 0.0419. The number of benzene rings is 1. The first-order chi connectivity index (χ1) is 9.45. The highest BCUT2D eigenvalue weighted by molar-refractivity contribution is 9.10. The Hall–Kier alpha value is -1.07. The maximum atomic E-state index is 11.6. The smallest absolute Gasteiger partial charge is 0.259 e. The number of likely N-dealkylation sites (N-methyl/N-ethyl adjacent to an activating group) is 1. The van der Waals surface area contributed by atoms with Gasteiger partial charge in [0, 0.05) is 30.7 Å². The fourth-order valence-corrected chi connectivity index (χ4v) is 2.42. The summed E-state index contributed by atoms with van der Waals surface area (Å²) in [5.41, 5.74) is 2.09. The van der Waals surface area contributed by atoms with Crippen LogP contribution in [0.1, 0.15) is 24.5 Å². The summed E-state index contributed by atoms with van der Waals surface area (Å²) in [6.45, 7) is 5.88. The molecule has 0 heterocycles. The second-order valence-corrected chi connectivity index (χ2v) is 5.88. The molecule has 0 bridgehead atoms. The number of halogens is 1. The zero-order valence-electron chi connectivity index (χ0n) is 12.6. The van der Waals surface area contributed by atoms with E-state index >= 15 is 0 Å². The van der Waals surface area contributed by atoms with E-state index in [1.165, 1.54) is 4.90 Å². The number of ether oxygens (including phenoxy) is 1. The Labute approximate surface area is 129 Å². The summed E-state index contributed by atoms with van der Waals surface area (Å²) in [5, 5.41) is 3.36. The number of carbonyl (C=O) groups excluding carboxylic acids is 1. The van der Waals surface area contributed by atoms with Crippen molar-refractivity contribution >= 4 is 21.8 Å². The third kappa shape index (κ3) is 5.13. The lowest BCUT2D eigenvalue weighted by Gasteiger charge is -2.17. The average Bonchev–Trinajstić information content (AvgIpc) is 2.37. The van der Waals surface area contributed by atoms with Gasteiger partial charge in [-0.1, -0.05) is 22.9 Å². The molecule has 1 aromatic carbocycles. The number of nitrogens with zero attached hydrogens (tertiary/aromatic N) is 1. The molecule has 112 valence electrons. The van der Waals surface area contributed by atoms with Crippen LogP contribution in [0.2, 0.25) is 0 Å². The number of amides is 1. The van der Waals surface area contributed by atoms with E-state index in [4.69, 9.17) is 4.74 Å². The summed E-state index contributed by atoms with van der Waals surface area (Å²) in [4.78, 5) is 13.2. The van der Waals surface area contributed by atoms with E-state index in [1.54, 1.807) is 14.1 Å². The molecule has 1 amide bonds. The van der Waals surface area contributed by atoms with Crippen LogP contribution in [0.3, 0.4) is 0 Å². The van der Waals surface area contributed by atoms with Gasteiger partial charge in [0.15, 0.2) is 6.61 Å². The molecule has 0 aliphatic rings. The molecule has 0 aliphatic heterocycles. The molecule has 5 heteroatoms. The first-order valence-electron chi connectivity index (χ1n) is 6.78. The Balaban J connectivity index is 2.83. The zero-order chi connectivity index (χ0) is 15.1. The molecular weight excluding hydrogens is 320 g/mol. The molecule has 0 aliphatic carbocycles. The van der Waals surface area contributed by atoms with Crippen molar-refractivity contribution in [2.45, 2.75) is 26.8 Å². The average molecular weight is 343 g/mol. The van der Waals surface area contributed by atoms with Gasteiger partial charge in [-0.05, 0) is 37.6 Å². The van der Waals surface area contributed by atoms with Gasteiger partial charge in [-0.25, -0.2) is 0 Å². The normalized spacial score (nSPS) is 10.4. The first-order valence-corrected chi connectivity index (χ1v) is 7.57. The molecule has 0 unspecified atom stereocenters. The number of carbonyl (C=O) groups is 1. The van der Waals surface area contributed by atoms with Crippen molar-refractivity contribution in [3.63, 3.8) is 0 Å². The summed E-state index contributed by atoms with van der Waals surface area (Å²) in [5.74, 6) is 0.756. The fourth-order valence-electron chi connectivity index (χ4n) is 1.80. The lowest BCUT2D eigenvalue weighted by atomic mass is 10.1. The highest BCUT2D eigenvalue weighted by Gasteiger charge is 2.12. The molecule has 0 fully saturated rings. The third-order valence-corrected chi connectivity index (χ3v) is 3.36. The lowest BCUT2D eigenvalue weighted by molar-refractivity contribution is -0.130. The van der Waals surface area contributed by atoms with Gasteiger partial charge in [-0.15, -0.1) is 0 Å². The quantitative estimate of drug-likeness (QED) is 0.774. The van der Waals surface area contributed by atoms with Crippen molar-refractivity contribution in [1.29, 1.82) is 0 Å². The number of aryl methyl sites for hydroxylation is 1. The molecule has 1 rings (SSSR count). The van der Waals surface area contributed by atoms with E-state index in [1.807, 2.05) is 19.1 Å². The summed E-state index contributed by atoms with van der Waals surface area (Å²) < 4.78 is 6.75. The van der Waals surface area contributed by atoms with E-state index in [0.29, 0.717) is 0 Å². The van der Waals surface area contributed by atoms with Crippen molar-refractivity contribution in [3.05, 3.63) is 27.7 Å². The van der Waals surface area contributed by atoms with Crippen molar-refractivity contribution in [2.24, 2.45) is 0 Å². The third-order valence-electron chi connectivity index (χ3n) is 2.90. The van der Waals surface area contributed by atoms with Crippen molar-refractivity contribution in [3.8, 4) is 5.75 Å². The van der Waals surface area contributed by atoms with Crippen LogP contribution in [0.5, 0.6) is 5.75 Å². The Morgan fingerprint density at radius 2 is 2.10 bits per heavy atom. The van der Waals surface area contributed by atoms with Gasteiger partial charge in [0.05, 0.1) is 0 Å². The van der Waals surface area contributed by atoms with E-state index in [2.05, 4.69) is 28.2 Å². The van der Waals surface area contributed by atoms with Crippen LogP contribution in [0, 0.1) is 6.92 Å². The van der Waals surface area contributed by atoms with E-state index in [0.717, 1.165) is 40.9 Å². The van der Waals surface area contributed by atoms with Crippen LogP contribution in [-0.4, -0.2) is 38.1 Å². The van der Waals surface area contributed by atoms with Crippen molar-refractivity contribution < 1.29 is 9.53 Å². The van der Waals surface area contributed by atoms with Crippen LogP contribution >= 0.6 is 15.9 Å². The number of nitrogens with one attached hydrogen (secondary N) is 1. The molecule has 0 saturated carbocycles. The van der Waals surface area contributed by atoms with Crippen LogP contribution in [0.25, 0.3) is 0 Å². The molecule has 1 N–H and O–H groups in total. The summed E-state index contributed by atoms with van der Waals surface area (Å²) in [6.07, 6.45) is 1.09. The molecule has 0 atom stereocenters. The predicted octanol–water partition coefficient (Wildman–Crippen LogP) is 2.72. The maximum absolute atomic E-state index is 11.6. The summed E-state index contributed by atoms with van der Waals surface area (Å²) >= 11 is 3.50. The fraction of sp³-hybridized carbons (Fsp3) is 0.533. The van der Waals surface area contributed by atoms with Gasteiger partial charge >= 0.3 is 0 Å². The van der Waals surface area contributed by atoms with Crippen molar-refractivity contribution in [1.82, 2.24) is 10.2 Å². The largest absolute Gasteiger partial charge is 0.483 e. The molecule has 0 spiro atoms. The lowest BCUT2D eigenvalue weighted by Crippen LogP contribution is -2.28. The van der Waals surface area contributed by atoms with E-state index < -0.39 is 0 Å². The van der Waals surface area contributed by atoms with Crippen molar-refractivity contribution in [2.75, 3.05) is 27.2 Å². The van der Waals surface area contributed by atoms with E-state index in [-0.39, 0.29) is 12.5 Å². The molecule has 0 radical (unpaired) electrons. The number of hydrogen-bond donors (Lipinski definition) is 1. The summed E-state index contributed by atoms with van der Waals surface area (Å²) in [6, 6.07) is 4.03. The first kappa shape index (κ1) is 17.0. The minimum Gasteiger partial charge on any atom is -0.483 e. The van der Waals surface area contributed by atoms with Crippen LogP contribution < -0.4 is 10.1 Å². The molecular formula is C15H23BrN2O2. The molecule has 4 nitrogen and oxygen atoms in total. The van der Waals surface area contributed by atoms with Gasteiger partial charge < -0.3 is 15.0 Å². The molecule has 1 aromatic rings. The Morgan fingerprint density at radius 1 is 1.40 bits per heavy atom. The highest BCUT2D eigenvalue weighted by atomic mass is 79.9. The predicted molar refractivity (Wildman–Crippen MR) is 85.1 cm³/mol. The zero-order valence-corrected chi connectivity index (χ0v) is 14.2. The Morgan fingerprint density at radius 3 is 2.70 bits per heavy atom. The summed E-state index contributed by atoms with van der Waals surface area (Å²) in [7, 11) is 3.45. The monoisotopic (exact) mass is 342 g/mol. The number of hydrogen-bond acceptors (Lipinski definition) is 3. The topological polar surface area (TPSA) is 41.6 Å². The molecule has 20 heavy (non-hydrogen) atoms. The molecule has 0 saturated heterocycles. The highest BCUT2D eigenvalue weighted by Crippen LogP contribution is 2.28. The number of rotatable bonds is 7. The van der Waals surface area contributed by atoms with Gasteiger partial charge in [-0.3, -0.25) is 4.79 Å². The second kappa shape index (κ2) is 8.27. The minimum atomic E-state index is -0.0419. The molecule has 0 aromatic heterocycles. The second-order valence-electron chi connectivity index (χ2n) is 4.96. The maximum Gasteiger partial charge on any atom is 0.259 e. The van der Waals surface area contributed by atoms with Crippen LogP contribution in [0.15, 0.2) is 16.6 Å². The van der Waals surface area contributed by atoms with Crippen LogP contribution in [-0.2, 0) is 11.3 Å². The van der Waals surface area contributed by atoms with Gasteiger partial charge in [0.25, 0.3) is 5.91 Å². The van der Waals surface area contributed by atoms with Gasteiger partial charge in [0.2, 0.25) is 0 Å². The Bertz CT molecular complexity index is 461. The van der Waals surface area contributed by atoms with Gasteiger partial charge in [-0.2, -0.15) is 0 Å². The SMILES string of the molecule is CCCNCc1cc(Br)cc(C)c1OCC(=O)N(C)C. The standard InChI is InChI=1S/C15H23BrN2O2/c1-5-6-17-9-12-8-13(16)7-11(2)15(12)20-10-14(19)18(3)4/h7-8,17H,5-6,9-10H2,1-4H3. The van der Waals surface area contributed by atoms with Gasteiger partial charge in [0.1, 0.15) is 5.75 Å². The van der Waals surface area contributed by atoms with Crippen LogP contribution in [0.4, 0.5) is 0 Å². The van der Waals surface area contributed by atoms with E-state index in [9.17, 15) is 4.79 Å². The Kier molecular flexibility index (Phi) is 7.02.